The van der Waals surface area contributed by atoms with Crippen LogP contribution in [0.15, 0.2) is 36.4 Å². The minimum atomic E-state index is 0.598. The number of methoxy groups -OCH3 is 1. The van der Waals surface area contributed by atoms with Gasteiger partial charge in [0.25, 0.3) is 0 Å². The summed E-state index contributed by atoms with van der Waals surface area (Å²) in [6.45, 7) is 2.02. The maximum atomic E-state index is 6.01. The molecule has 0 atom stereocenters. The zero-order chi connectivity index (χ0) is 13.4. The largest absolute Gasteiger partial charge is 0.496 e. The van der Waals surface area contributed by atoms with Crippen LogP contribution in [-0.4, -0.2) is 21.7 Å². The highest BCUT2D eigenvalue weighted by atomic mass is 16.5. The van der Waals surface area contributed by atoms with Crippen molar-refractivity contribution in [3.05, 3.63) is 42.0 Å². The van der Waals surface area contributed by atoms with Crippen molar-refractivity contribution in [2.45, 2.75) is 6.92 Å². The first-order valence-electron chi connectivity index (χ1n) is 5.95. The van der Waals surface area contributed by atoms with Crippen LogP contribution in [0.4, 0.5) is 5.82 Å². The van der Waals surface area contributed by atoms with Crippen molar-refractivity contribution in [1.29, 1.82) is 0 Å². The molecule has 0 amide bonds. The van der Waals surface area contributed by atoms with E-state index in [1.165, 1.54) is 0 Å². The first-order valence-corrected chi connectivity index (χ1v) is 5.95. The van der Waals surface area contributed by atoms with E-state index in [9.17, 15) is 0 Å². The topological polar surface area (TPSA) is 65.4 Å². The molecule has 0 aliphatic rings. The molecule has 0 aliphatic heterocycles. The lowest BCUT2D eigenvalue weighted by molar-refractivity contribution is 0.416. The van der Waals surface area contributed by atoms with Crippen molar-refractivity contribution >= 4 is 11.5 Å². The van der Waals surface area contributed by atoms with Crippen molar-refractivity contribution < 1.29 is 4.74 Å². The minimum absolute atomic E-state index is 0.598. The van der Waals surface area contributed by atoms with Crippen LogP contribution in [0.3, 0.4) is 0 Å². The number of rotatable bonds is 2. The number of fused-ring (bicyclic) bond motifs is 1. The van der Waals surface area contributed by atoms with Crippen LogP contribution in [0.25, 0.3) is 17.0 Å². The number of anilines is 1. The van der Waals surface area contributed by atoms with Crippen LogP contribution in [0.5, 0.6) is 5.75 Å². The highest BCUT2D eigenvalue weighted by Crippen LogP contribution is 2.30. The van der Waals surface area contributed by atoms with Crippen molar-refractivity contribution in [3.8, 4) is 17.1 Å². The van der Waals surface area contributed by atoms with E-state index in [0.717, 1.165) is 22.5 Å². The maximum absolute atomic E-state index is 6.01. The average Bonchev–Trinajstić information content (AvgIpc) is 2.84. The molecule has 0 radical (unpaired) electrons. The molecule has 1 aromatic carbocycles. The highest BCUT2D eigenvalue weighted by molar-refractivity contribution is 5.69. The zero-order valence-electron chi connectivity index (χ0n) is 10.8. The smallest absolute Gasteiger partial charge is 0.173 e. The number of hydrogen-bond acceptors (Lipinski definition) is 4. The molecule has 19 heavy (non-hydrogen) atoms. The van der Waals surface area contributed by atoms with Gasteiger partial charge in [0.1, 0.15) is 11.6 Å². The van der Waals surface area contributed by atoms with Crippen LogP contribution < -0.4 is 10.5 Å². The number of hydrogen-bond donors (Lipinski definition) is 1. The number of ether oxygens (including phenoxy) is 1. The standard InChI is InChI=1S/C14H14N4O/c1-9-6-7-11(19-2)10(8-9)14-17-16-13-5-3-4-12(15)18(13)14/h3-8H,15H2,1-2H3. The van der Waals surface area contributed by atoms with Crippen LogP contribution in [0, 0.1) is 6.92 Å². The predicted molar refractivity (Wildman–Crippen MR) is 74.1 cm³/mol. The zero-order valence-corrected chi connectivity index (χ0v) is 10.8. The fourth-order valence-electron chi connectivity index (χ4n) is 2.14. The Hall–Kier alpha value is -2.56. The quantitative estimate of drug-likeness (QED) is 0.762. The molecule has 0 unspecified atom stereocenters. The second-order valence-corrected chi connectivity index (χ2v) is 4.37. The van der Waals surface area contributed by atoms with E-state index in [1.807, 2.05) is 47.7 Å². The van der Waals surface area contributed by atoms with Gasteiger partial charge in [-0.05, 0) is 31.2 Å². The number of benzene rings is 1. The summed E-state index contributed by atoms with van der Waals surface area (Å²) >= 11 is 0. The molecule has 2 heterocycles. The van der Waals surface area contributed by atoms with Gasteiger partial charge in [0.2, 0.25) is 0 Å². The summed E-state index contributed by atoms with van der Waals surface area (Å²) in [6.07, 6.45) is 0. The van der Waals surface area contributed by atoms with Gasteiger partial charge in [-0.1, -0.05) is 17.7 Å². The second kappa shape index (κ2) is 4.28. The van der Waals surface area contributed by atoms with Gasteiger partial charge in [-0.2, -0.15) is 0 Å². The van der Waals surface area contributed by atoms with Crippen LogP contribution in [-0.2, 0) is 0 Å². The molecule has 5 heteroatoms. The third-order valence-electron chi connectivity index (χ3n) is 3.05. The Balaban J connectivity index is 2.33. The summed E-state index contributed by atoms with van der Waals surface area (Å²) in [4.78, 5) is 0. The normalized spacial score (nSPS) is 10.8. The fraction of sp³-hybridized carbons (Fsp3) is 0.143. The molecule has 2 N–H and O–H groups in total. The number of nitrogens with two attached hydrogens (primary N) is 1. The van der Waals surface area contributed by atoms with Gasteiger partial charge >= 0.3 is 0 Å². The molecular weight excluding hydrogens is 240 g/mol. The lowest BCUT2D eigenvalue weighted by atomic mass is 10.1. The highest BCUT2D eigenvalue weighted by Gasteiger charge is 2.14. The lowest BCUT2D eigenvalue weighted by Crippen LogP contribution is -1.99. The number of aryl methyl sites for hydroxylation is 1. The first-order chi connectivity index (χ1) is 9.20. The average molecular weight is 254 g/mol. The van der Waals surface area contributed by atoms with Gasteiger partial charge in [0.15, 0.2) is 11.5 Å². The molecule has 0 saturated heterocycles. The molecule has 96 valence electrons. The Morgan fingerprint density at radius 1 is 1.16 bits per heavy atom. The van der Waals surface area contributed by atoms with E-state index < -0.39 is 0 Å². The molecule has 0 saturated carbocycles. The van der Waals surface area contributed by atoms with Gasteiger partial charge in [-0.15, -0.1) is 10.2 Å². The van der Waals surface area contributed by atoms with Gasteiger partial charge < -0.3 is 10.5 Å². The van der Waals surface area contributed by atoms with Crippen molar-refractivity contribution in [1.82, 2.24) is 14.6 Å². The fourth-order valence-corrected chi connectivity index (χ4v) is 2.14. The van der Waals surface area contributed by atoms with Crippen molar-refractivity contribution in [2.24, 2.45) is 0 Å². The Bertz CT molecular complexity index is 748. The molecular formula is C14H14N4O. The van der Waals surface area contributed by atoms with Crippen LogP contribution >= 0.6 is 0 Å². The Kier molecular flexibility index (Phi) is 2.59. The molecule has 5 nitrogen and oxygen atoms in total. The maximum Gasteiger partial charge on any atom is 0.173 e. The predicted octanol–water partition coefficient (Wildman–Crippen LogP) is 2.30. The summed E-state index contributed by atoms with van der Waals surface area (Å²) in [5.74, 6) is 2.04. The molecule has 2 aromatic heterocycles. The van der Waals surface area contributed by atoms with E-state index in [1.54, 1.807) is 7.11 Å². The Morgan fingerprint density at radius 2 is 2.00 bits per heavy atom. The number of aromatic nitrogens is 3. The van der Waals surface area contributed by atoms with E-state index in [-0.39, 0.29) is 0 Å². The molecule has 3 aromatic rings. The molecule has 0 fully saturated rings. The summed E-state index contributed by atoms with van der Waals surface area (Å²) in [5, 5.41) is 8.37. The molecule has 0 spiro atoms. The Morgan fingerprint density at radius 3 is 2.79 bits per heavy atom. The van der Waals surface area contributed by atoms with Crippen molar-refractivity contribution in [2.75, 3.05) is 12.8 Å². The second-order valence-electron chi connectivity index (χ2n) is 4.37. The van der Waals surface area contributed by atoms with E-state index in [4.69, 9.17) is 10.5 Å². The van der Waals surface area contributed by atoms with E-state index in [2.05, 4.69) is 10.2 Å². The number of nitrogens with zero attached hydrogens (tertiary/aromatic N) is 3. The van der Waals surface area contributed by atoms with Gasteiger partial charge in [0.05, 0.1) is 12.7 Å². The molecule has 0 bridgehead atoms. The number of nitrogen functional groups attached to an aromatic ring is 1. The van der Waals surface area contributed by atoms with Crippen LogP contribution in [0.2, 0.25) is 0 Å². The van der Waals surface area contributed by atoms with Gasteiger partial charge in [0, 0.05) is 0 Å². The van der Waals surface area contributed by atoms with E-state index >= 15 is 0 Å². The van der Waals surface area contributed by atoms with Gasteiger partial charge in [-0.3, -0.25) is 4.40 Å². The minimum Gasteiger partial charge on any atom is -0.496 e. The summed E-state index contributed by atoms with van der Waals surface area (Å²) < 4.78 is 7.21. The third kappa shape index (κ3) is 1.79. The first kappa shape index (κ1) is 11.5. The van der Waals surface area contributed by atoms with Crippen LogP contribution in [0.1, 0.15) is 5.56 Å². The molecule has 3 rings (SSSR count). The van der Waals surface area contributed by atoms with Crippen molar-refractivity contribution in [3.63, 3.8) is 0 Å². The monoisotopic (exact) mass is 254 g/mol. The SMILES string of the molecule is COc1ccc(C)cc1-c1nnc2cccc(N)n12. The summed E-state index contributed by atoms with van der Waals surface area (Å²) in [5.41, 5.74) is 8.74. The summed E-state index contributed by atoms with van der Waals surface area (Å²) in [6, 6.07) is 11.5. The third-order valence-corrected chi connectivity index (χ3v) is 3.05. The lowest BCUT2D eigenvalue weighted by Gasteiger charge is -2.09. The Labute approximate surface area is 110 Å². The van der Waals surface area contributed by atoms with Gasteiger partial charge in [-0.25, -0.2) is 0 Å². The number of pyridine rings is 1. The summed E-state index contributed by atoms with van der Waals surface area (Å²) in [7, 11) is 1.64. The molecule has 0 aliphatic carbocycles. The van der Waals surface area contributed by atoms with E-state index in [0.29, 0.717) is 11.6 Å².